The van der Waals surface area contributed by atoms with Crippen molar-refractivity contribution in [1.82, 2.24) is 0 Å². The van der Waals surface area contributed by atoms with Gasteiger partial charge in [-0.15, -0.1) is 0 Å². The molecule has 0 saturated heterocycles. The Hall–Kier alpha value is -3.60. The summed E-state index contributed by atoms with van der Waals surface area (Å²) < 4.78 is 6.29. The molecule has 5 rings (SSSR count). The Labute approximate surface area is 219 Å². The van der Waals surface area contributed by atoms with Crippen LogP contribution in [0.2, 0.25) is 0 Å². The van der Waals surface area contributed by atoms with Crippen LogP contribution in [0.25, 0.3) is 11.1 Å². The molecule has 192 valence electrons. The van der Waals surface area contributed by atoms with Crippen molar-refractivity contribution in [2.45, 2.75) is 63.9 Å². The highest BCUT2D eigenvalue weighted by Crippen LogP contribution is 2.40. The first-order valence-electron chi connectivity index (χ1n) is 13.5. The lowest BCUT2D eigenvalue weighted by molar-refractivity contribution is -0.138. The number of hydrogen-bond acceptors (Lipinski definition) is 3. The van der Waals surface area contributed by atoms with Gasteiger partial charge >= 0.3 is 5.97 Å². The van der Waals surface area contributed by atoms with Gasteiger partial charge in [0, 0.05) is 6.42 Å². The fraction of sp³-hybridized carbons (Fsp3) is 0.375. The lowest BCUT2D eigenvalue weighted by Gasteiger charge is -2.35. The number of hydrogen-bond donors (Lipinski definition) is 1. The molecule has 1 saturated carbocycles. The zero-order valence-electron chi connectivity index (χ0n) is 21.4. The molecule has 1 atom stereocenters. The van der Waals surface area contributed by atoms with E-state index in [1.54, 1.807) is 0 Å². The molecule has 37 heavy (non-hydrogen) atoms. The summed E-state index contributed by atoms with van der Waals surface area (Å²) in [5.74, 6) is 0.980. The first kappa shape index (κ1) is 25.1. The van der Waals surface area contributed by atoms with E-state index >= 15 is 0 Å². The van der Waals surface area contributed by atoms with Gasteiger partial charge in [0.1, 0.15) is 11.9 Å². The van der Waals surface area contributed by atoms with Crippen molar-refractivity contribution in [3.8, 4) is 16.9 Å². The fourth-order valence-corrected chi connectivity index (χ4v) is 5.74. The van der Waals surface area contributed by atoms with E-state index in [9.17, 15) is 9.59 Å². The summed E-state index contributed by atoms with van der Waals surface area (Å²) in [4.78, 5) is 26.1. The van der Waals surface area contributed by atoms with Crippen LogP contribution in [-0.2, 0) is 16.0 Å². The number of ether oxygens (including phenoxy) is 1. The predicted octanol–water partition coefficient (Wildman–Crippen LogP) is 6.85. The number of carboxylic acids is 1. The number of rotatable bonds is 7. The monoisotopic (exact) mass is 497 g/mol. The molecule has 0 bridgehead atoms. The van der Waals surface area contributed by atoms with Gasteiger partial charge < -0.3 is 14.7 Å². The summed E-state index contributed by atoms with van der Waals surface area (Å²) in [6.07, 6.45) is 5.55. The molecule has 1 unspecified atom stereocenters. The summed E-state index contributed by atoms with van der Waals surface area (Å²) >= 11 is 0. The van der Waals surface area contributed by atoms with Crippen LogP contribution < -0.4 is 9.64 Å². The Morgan fingerprint density at radius 2 is 1.62 bits per heavy atom. The maximum atomic E-state index is 13.2. The topological polar surface area (TPSA) is 66.8 Å². The fourth-order valence-electron chi connectivity index (χ4n) is 5.74. The number of carboxylic acid groups (broad SMARTS) is 1. The molecule has 5 heteroatoms. The van der Waals surface area contributed by atoms with E-state index in [4.69, 9.17) is 9.84 Å². The Morgan fingerprint density at radius 3 is 2.30 bits per heavy atom. The van der Waals surface area contributed by atoms with Crippen molar-refractivity contribution in [2.24, 2.45) is 5.92 Å². The number of anilines is 1. The number of fused-ring (bicyclic) bond motifs is 1. The SMILES string of the molecule is CCC1CN(C(=O)Cc2ccccc2)c2ccc(-c3ccc(C4CCC(CC(=O)O)CC4)cc3)cc2O1. The number of amides is 1. The van der Waals surface area contributed by atoms with E-state index in [0.717, 1.165) is 60.2 Å². The second-order valence-electron chi connectivity index (χ2n) is 10.4. The second kappa shape index (κ2) is 11.2. The normalized spacial score (nSPS) is 21.1. The highest BCUT2D eigenvalue weighted by molar-refractivity contribution is 5.97. The zero-order chi connectivity index (χ0) is 25.8. The number of nitrogens with zero attached hydrogens (tertiary/aromatic N) is 1. The molecule has 1 fully saturated rings. The number of carbonyl (C=O) groups is 2. The van der Waals surface area contributed by atoms with Gasteiger partial charge in [0.2, 0.25) is 5.91 Å². The molecule has 1 aliphatic heterocycles. The average molecular weight is 498 g/mol. The first-order valence-corrected chi connectivity index (χ1v) is 13.5. The quantitative estimate of drug-likeness (QED) is 0.388. The van der Waals surface area contributed by atoms with Crippen LogP contribution in [0, 0.1) is 5.92 Å². The number of aliphatic carboxylic acids is 1. The minimum absolute atomic E-state index is 0.0268. The van der Waals surface area contributed by atoms with E-state index < -0.39 is 5.97 Å². The minimum atomic E-state index is -0.684. The van der Waals surface area contributed by atoms with Crippen LogP contribution in [0.3, 0.4) is 0 Å². The third-order valence-electron chi connectivity index (χ3n) is 7.91. The molecular weight excluding hydrogens is 462 g/mol. The minimum Gasteiger partial charge on any atom is -0.486 e. The van der Waals surface area contributed by atoms with E-state index in [1.165, 1.54) is 5.56 Å². The highest BCUT2D eigenvalue weighted by Gasteiger charge is 2.29. The zero-order valence-corrected chi connectivity index (χ0v) is 21.4. The van der Waals surface area contributed by atoms with Crippen LogP contribution in [0.15, 0.2) is 72.8 Å². The molecule has 0 spiro atoms. The van der Waals surface area contributed by atoms with Crippen molar-refractivity contribution in [1.29, 1.82) is 0 Å². The van der Waals surface area contributed by atoms with Crippen LogP contribution in [0.4, 0.5) is 5.69 Å². The van der Waals surface area contributed by atoms with Crippen molar-refractivity contribution in [2.75, 3.05) is 11.4 Å². The summed E-state index contributed by atoms with van der Waals surface area (Å²) in [6.45, 7) is 2.66. The standard InChI is InChI=1S/C32H35NO4/c1-2-28-21-33(31(34)18-22-6-4-3-5-7-22)29-17-16-27(20-30(29)37-28)26-14-12-25(13-15-26)24-10-8-23(9-11-24)19-32(35)36/h3-7,12-17,20,23-24,28H,2,8-11,18-19,21H2,1H3,(H,35,36). The number of benzene rings is 3. The van der Waals surface area contributed by atoms with Crippen LogP contribution in [-0.4, -0.2) is 29.6 Å². The van der Waals surface area contributed by atoms with Crippen LogP contribution in [0.5, 0.6) is 5.75 Å². The number of carbonyl (C=O) groups excluding carboxylic acids is 1. The average Bonchev–Trinajstić information content (AvgIpc) is 2.93. The van der Waals surface area contributed by atoms with Gasteiger partial charge in [0.05, 0.1) is 18.7 Å². The summed E-state index contributed by atoms with van der Waals surface area (Å²) in [7, 11) is 0. The lowest BCUT2D eigenvalue weighted by atomic mass is 9.77. The second-order valence-corrected chi connectivity index (χ2v) is 10.4. The van der Waals surface area contributed by atoms with Crippen molar-refractivity contribution in [3.63, 3.8) is 0 Å². The van der Waals surface area contributed by atoms with Crippen molar-refractivity contribution in [3.05, 3.63) is 83.9 Å². The van der Waals surface area contributed by atoms with Gasteiger partial charge in [-0.2, -0.15) is 0 Å². The molecule has 1 aliphatic carbocycles. The summed E-state index contributed by atoms with van der Waals surface area (Å²) in [5, 5.41) is 9.06. The highest BCUT2D eigenvalue weighted by atomic mass is 16.5. The van der Waals surface area contributed by atoms with E-state index in [2.05, 4.69) is 43.3 Å². The molecular formula is C32H35NO4. The molecule has 3 aromatic carbocycles. The van der Waals surface area contributed by atoms with Crippen LogP contribution in [0.1, 0.15) is 62.5 Å². The van der Waals surface area contributed by atoms with E-state index in [-0.39, 0.29) is 12.0 Å². The van der Waals surface area contributed by atoms with E-state index in [0.29, 0.717) is 31.2 Å². The molecule has 1 N–H and O–H groups in total. The molecule has 3 aromatic rings. The molecule has 0 radical (unpaired) electrons. The lowest BCUT2D eigenvalue weighted by Crippen LogP contribution is -2.44. The largest absolute Gasteiger partial charge is 0.486 e. The molecule has 1 heterocycles. The molecule has 5 nitrogen and oxygen atoms in total. The van der Waals surface area contributed by atoms with Gasteiger partial charge in [-0.25, -0.2) is 0 Å². The Kier molecular flexibility index (Phi) is 7.59. The van der Waals surface area contributed by atoms with Gasteiger partial charge in [-0.1, -0.05) is 67.6 Å². The van der Waals surface area contributed by atoms with Gasteiger partial charge in [0.15, 0.2) is 0 Å². The third-order valence-corrected chi connectivity index (χ3v) is 7.91. The smallest absolute Gasteiger partial charge is 0.303 e. The first-order chi connectivity index (χ1) is 18.0. The van der Waals surface area contributed by atoms with Crippen LogP contribution >= 0.6 is 0 Å². The Bertz CT molecular complexity index is 1230. The molecule has 2 aliphatic rings. The molecule has 0 aromatic heterocycles. The van der Waals surface area contributed by atoms with Crippen molar-refractivity contribution < 1.29 is 19.4 Å². The predicted molar refractivity (Wildman–Crippen MR) is 146 cm³/mol. The Morgan fingerprint density at radius 1 is 0.919 bits per heavy atom. The summed E-state index contributed by atoms with van der Waals surface area (Å²) in [6, 6.07) is 24.8. The third kappa shape index (κ3) is 5.87. The van der Waals surface area contributed by atoms with E-state index in [1.807, 2.05) is 41.3 Å². The maximum absolute atomic E-state index is 13.2. The van der Waals surface area contributed by atoms with Gasteiger partial charge in [-0.05, 0) is 78.3 Å². The summed E-state index contributed by atoms with van der Waals surface area (Å²) in [5.41, 5.74) is 5.37. The maximum Gasteiger partial charge on any atom is 0.303 e. The van der Waals surface area contributed by atoms with Gasteiger partial charge in [-0.3, -0.25) is 9.59 Å². The Balaban J connectivity index is 1.31. The molecule has 1 amide bonds. The van der Waals surface area contributed by atoms with Gasteiger partial charge in [0.25, 0.3) is 0 Å². The van der Waals surface area contributed by atoms with Crippen molar-refractivity contribution >= 4 is 17.6 Å².